The summed E-state index contributed by atoms with van der Waals surface area (Å²) in [6, 6.07) is 26.0. The zero-order chi connectivity index (χ0) is 18.2. The van der Waals surface area contributed by atoms with Gasteiger partial charge in [0.1, 0.15) is 5.82 Å². The number of aromatic nitrogens is 1. The molecule has 2 aromatic carbocycles. The standard InChI is InChI=1S/C23H24N2O/c1-18(19-10-4-2-5-11-19)15-16-21(20-12-6-3-7-13-20)23(26)25-22-14-8-9-17-24-22/h2-14,17-18,21H,15-16H2,1H3,(H,24,25,26)/t18?,21-/m0/s1. The molecular formula is C23H24N2O. The summed E-state index contributed by atoms with van der Waals surface area (Å²) in [7, 11) is 0. The van der Waals surface area contributed by atoms with E-state index in [9.17, 15) is 4.79 Å². The van der Waals surface area contributed by atoms with E-state index in [2.05, 4.69) is 41.5 Å². The lowest BCUT2D eigenvalue weighted by Gasteiger charge is -2.19. The predicted molar refractivity (Wildman–Crippen MR) is 106 cm³/mol. The molecule has 0 radical (unpaired) electrons. The minimum absolute atomic E-state index is 0.00448. The van der Waals surface area contributed by atoms with Crippen LogP contribution in [0.3, 0.4) is 0 Å². The summed E-state index contributed by atoms with van der Waals surface area (Å²) in [5.74, 6) is 0.805. The lowest BCUT2D eigenvalue weighted by atomic mass is 9.87. The van der Waals surface area contributed by atoms with Gasteiger partial charge >= 0.3 is 0 Å². The number of pyridine rings is 1. The van der Waals surface area contributed by atoms with E-state index in [-0.39, 0.29) is 11.8 Å². The van der Waals surface area contributed by atoms with Gasteiger partial charge in [0.2, 0.25) is 5.91 Å². The molecule has 132 valence electrons. The van der Waals surface area contributed by atoms with Crippen molar-refractivity contribution in [3.63, 3.8) is 0 Å². The van der Waals surface area contributed by atoms with Crippen molar-refractivity contribution < 1.29 is 4.79 Å². The Labute approximate surface area is 155 Å². The Morgan fingerprint density at radius 1 is 0.846 bits per heavy atom. The zero-order valence-electron chi connectivity index (χ0n) is 15.0. The van der Waals surface area contributed by atoms with Gasteiger partial charge in [0.15, 0.2) is 0 Å². The highest BCUT2D eigenvalue weighted by Gasteiger charge is 2.22. The Morgan fingerprint density at radius 2 is 1.46 bits per heavy atom. The van der Waals surface area contributed by atoms with E-state index < -0.39 is 0 Å². The van der Waals surface area contributed by atoms with Gasteiger partial charge in [-0.1, -0.05) is 73.7 Å². The second-order valence-electron chi connectivity index (χ2n) is 6.56. The van der Waals surface area contributed by atoms with Crippen molar-refractivity contribution in [2.45, 2.75) is 31.6 Å². The molecule has 0 bridgehead atoms. The van der Waals surface area contributed by atoms with Gasteiger partial charge in [-0.2, -0.15) is 0 Å². The van der Waals surface area contributed by atoms with Crippen molar-refractivity contribution in [2.75, 3.05) is 5.32 Å². The molecule has 0 aliphatic heterocycles. The van der Waals surface area contributed by atoms with E-state index in [4.69, 9.17) is 0 Å². The average Bonchev–Trinajstić information content (AvgIpc) is 2.70. The van der Waals surface area contributed by atoms with E-state index in [0.29, 0.717) is 11.7 Å². The van der Waals surface area contributed by atoms with Gasteiger partial charge in [0.05, 0.1) is 5.92 Å². The molecule has 0 saturated heterocycles. The number of nitrogens with one attached hydrogen (secondary N) is 1. The zero-order valence-corrected chi connectivity index (χ0v) is 15.0. The summed E-state index contributed by atoms with van der Waals surface area (Å²) in [5, 5.41) is 2.95. The van der Waals surface area contributed by atoms with Crippen molar-refractivity contribution in [2.24, 2.45) is 0 Å². The maximum atomic E-state index is 12.9. The van der Waals surface area contributed by atoms with Gasteiger partial charge in [-0.15, -0.1) is 0 Å². The lowest BCUT2D eigenvalue weighted by Crippen LogP contribution is -2.22. The quantitative estimate of drug-likeness (QED) is 0.624. The summed E-state index contributed by atoms with van der Waals surface area (Å²) in [4.78, 5) is 17.1. The number of rotatable bonds is 7. The van der Waals surface area contributed by atoms with E-state index >= 15 is 0 Å². The topological polar surface area (TPSA) is 42.0 Å². The second-order valence-corrected chi connectivity index (χ2v) is 6.56. The smallest absolute Gasteiger partial charge is 0.233 e. The Hall–Kier alpha value is -2.94. The van der Waals surface area contributed by atoms with Crippen LogP contribution in [0.4, 0.5) is 5.82 Å². The lowest BCUT2D eigenvalue weighted by molar-refractivity contribution is -0.117. The Balaban J connectivity index is 1.72. The Morgan fingerprint density at radius 3 is 2.08 bits per heavy atom. The highest BCUT2D eigenvalue weighted by atomic mass is 16.1. The van der Waals surface area contributed by atoms with Crippen molar-refractivity contribution in [3.8, 4) is 0 Å². The molecule has 0 aliphatic carbocycles. The van der Waals surface area contributed by atoms with E-state index in [1.165, 1.54) is 5.56 Å². The maximum Gasteiger partial charge on any atom is 0.233 e. The fraction of sp³-hybridized carbons (Fsp3) is 0.217. The molecule has 0 saturated carbocycles. The van der Waals surface area contributed by atoms with Crippen molar-refractivity contribution in [1.82, 2.24) is 4.98 Å². The van der Waals surface area contributed by atoms with Crippen LogP contribution >= 0.6 is 0 Å². The number of amides is 1. The fourth-order valence-electron chi connectivity index (χ4n) is 3.15. The third-order valence-electron chi connectivity index (χ3n) is 4.69. The molecule has 2 atom stereocenters. The summed E-state index contributed by atoms with van der Waals surface area (Å²) in [6.45, 7) is 2.22. The van der Waals surface area contributed by atoms with Crippen LogP contribution in [0.1, 0.15) is 42.7 Å². The first-order chi connectivity index (χ1) is 12.7. The van der Waals surface area contributed by atoms with E-state index in [1.807, 2.05) is 54.6 Å². The largest absolute Gasteiger partial charge is 0.310 e. The second kappa shape index (κ2) is 8.95. The minimum Gasteiger partial charge on any atom is -0.310 e. The third-order valence-corrected chi connectivity index (χ3v) is 4.69. The number of hydrogen-bond donors (Lipinski definition) is 1. The van der Waals surface area contributed by atoms with Crippen LogP contribution in [0.25, 0.3) is 0 Å². The van der Waals surface area contributed by atoms with Crippen LogP contribution in [0, 0.1) is 0 Å². The van der Waals surface area contributed by atoms with Crippen molar-refractivity contribution in [3.05, 3.63) is 96.2 Å². The SMILES string of the molecule is CC(CC[C@H](C(=O)Nc1ccccn1)c1ccccc1)c1ccccc1. The van der Waals surface area contributed by atoms with Gasteiger partial charge in [-0.25, -0.2) is 4.98 Å². The van der Waals surface area contributed by atoms with Crippen LogP contribution in [0.2, 0.25) is 0 Å². The molecule has 0 spiro atoms. The number of benzene rings is 2. The van der Waals surface area contributed by atoms with Gasteiger partial charge in [-0.3, -0.25) is 4.79 Å². The molecule has 3 heteroatoms. The molecule has 1 aromatic heterocycles. The Kier molecular flexibility index (Phi) is 6.15. The Bertz CT molecular complexity index is 803. The molecule has 1 amide bonds. The normalized spacial score (nSPS) is 13.0. The molecule has 1 N–H and O–H groups in total. The molecule has 3 nitrogen and oxygen atoms in total. The first-order valence-corrected chi connectivity index (χ1v) is 9.06. The maximum absolute atomic E-state index is 12.9. The van der Waals surface area contributed by atoms with E-state index in [0.717, 1.165) is 18.4 Å². The first-order valence-electron chi connectivity index (χ1n) is 9.06. The number of nitrogens with zero attached hydrogens (tertiary/aromatic N) is 1. The van der Waals surface area contributed by atoms with Crippen LogP contribution in [0.15, 0.2) is 85.1 Å². The molecule has 1 unspecified atom stereocenters. The van der Waals surface area contributed by atoms with Gasteiger partial charge in [-0.05, 0) is 42.0 Å². The molecule has 26 heavy (non-hydrogen) atoms. The number of carbonyl (C=O) groups is 1. The highest BCUT2D eigenvalue weighted by molar-refractivity contribution is 5.95. The number of anilines is 1. The van der Waals surface area contributed by atoms with Crippen LogP contribution in [-0.2, 0) is 4.79 Å². The number of hydrogen-bond acceptors (Lipinski definition) is 2. The van der Waals surface area contributed by atoms with Gasteiger partial charge < -0.3 is 5.32 Å². The monoisotopic (exact) mass is 344 g/mol. The predicted octanol–water partition coefficient (Wildman–Crippen LogP) is 5.39. The minimum atomic E-state index is -0.190. The fourth-order valence-corrected chi connectivity index (χ4v) is 3.15. The molecule has 0 fully saturated rings. The van der Waals surface area contributed by atoms with Crippen molar-refractivity contribution >= 4 is 11.7 Å². The highest BCUT2D eigenvalue weighted by Crippen LogP contribution is 2.28. The molecular weight excluding hydrogens is 320 g/mol. The molecule has 3 rings (SSSR count). The molecule has 3 aromatic rings. The summed E-state index contributed by atoms with van der Waals surface area (Å²) < 4.78 is 0. The third kappa shape index (κ3) is 4.79. The summed E-state index contributed by atoms with van der Waals surface area (Å²) in [5.41, 5.74) is 2.35. The molecule has 0 aliphatic rings. The van der Waals surface area contributed by atoms with Gasteiger partial charge in [0, 0.05) is 6.20 Å². The van der Waals surface area contributed by atoms with E-state index in [1.54, 1.807) is 6.20 Å². The summed E-state index contributed by atoms with van der Waals surface area (Å²) >= 11 is 0. The molecule has 1 heterocycles. The number of carbonyl (C=O) groups excluding carboxylic acids is 1. The van der Waals surface area contributed by atoms with Gasteiger partial charge in [0.25, 0.3) is 0 Å². The summed E-state index contributed by atoms with van der Waals surface area (Å²) in [6.07, 6.45) is 3.42. The average molecular weight is 344 g/mol. The van der Waals surface area contributed by atoms with Crippen LogP contribution in [0.5, 0.6) is 0 Å². The van der Waals surface area contributed by atoms with Crippen LogP contribution in [-0.4, -0.2) is 10.9 Å². The first kappa shape index (κ1) is 17.9. The van der Waals surface area contributed by atoms with Crippen LogP contribution < -0.4 is 5.32 Å². The van der Waals surface area contributed by atoms with Crippen molar-refractivity contribution in [1.29, 1.82) is 0 Å².